The van der Waals surface area contributed by atoms with E-state index in [-0.39, 0.29) is 11.8 Å². The van der Waals surface area contributed by atoms with Gasteiger partial charge >= 0.3 is 0 Å². The summed E-state index contributed by atoms with van der Waals surface area (Å²) in [6.07, 6.45) is 1.97. The molecule has 26 heavy (non-hydrogen) atoms. The number of carbonyl (C=O) groups is 2. The summed E-state index contributed by atoms with van der Waals surface area (Å²) < 4.78 is 5.34. The van der Waals surface area contributed by atoms with Crippen LogP contribution in [0, 0.1) is 5.92 Å². The highest BCUT2D eigenvalue weighted by molar-refractivity contribution is 6.07. The Morgan fingerprint density at radius 1 is 1.19 bits per heavy atom. The zero-order valence-electron chi connectivity index (χ0n) is 15.4. The van der Waals surface area contributed by atoms with Gasteiger partial charge in [-0.1, -0.05) is 13.3 Å². The van der Waals surface area contributed by atoms with Gasteiger partial charge in [-0.3, -0.25) is 9.59 Å². The molecule has 0 saturated carbocycles. The molecule has 2 aromatic rings. The molecule has 1 atom stereocenters. The largest absolute Gasteiger partial charge is 0.497 e. The van der Waals surface area contributed by atoms with Gasteiger partial charge in [0.15, 0.2) is 0 Å². The fourth-order valence-electron chi connectivity index (χ4n) is 3.37. The summed E-state index contributed by atoms with van der Waals surface area (Å²) in [5.74, 6) is 1.09. The third-order valence-corrected chi connectivity index (χ3v) is 4.80. The number of nitrogens with one attached hydrogen (secondary N) is 1. The zero-order chi connectivity index (χ0) is 18.7. The molecule has 0 aliphatic carbocycles. The number of fused-ring (bicyclic) bond motifs is 1. The molecule has 136 valence electrons. The maximum Gasteiger partial charge on any atom is 0.258 e. The number of anilines is 2. The fraction of sp³-hybridized carbons (Fsp3) is 0.333. The van der Waals surface area contributed by atoms with Crippen LogP contribution < -0.4 is 15.0 Å². The molecular formula is C21H24N2O3. The number of hydrogen-bond donors (Lipinski definition) is 1. The van der Waals surface area contributed by atoms with Crippen LogP contribution in [-0.2, 0) is 11.2 Å². The standard InChI is InChI=1S/C21H24N2O3/c1-4-15-11-17-12-19(26-3)9-10-20(17)23(13-15)21(25)16-5-7-18(8-6-16)22-14(2)24/h5-10,12,15H,4,11,13H2,1-3H3,(H,22,24). The topological polar surface area (TPSA) is 58.6 Å². The number of methoxy groups -OCH3 is 1. The summed E-state index contributed by atoms with van der Waals surface area (Å²) in [5, 5.41) is 2.72. The minimum atomic E-state index is -0.131. The predicted molar refractivity (Wildman–Crippen MR) is 103 cm³/mol. The number of rotatable bonds is 4. The van der Waals surface area contributed by atoms with E-state index in [9.17, 15) is 9.59 Å². The van der Waals surface area contributed by atoms with Crippen molar-refractivity contribution in [1.29, 1.82) is 0 Å². The summed E-state index contributed by atoms with van der Waals surface area (Å²) >= 11 is 0. The van der Waals surface area contributed by atoms with Crippen molar-refractivity contribution in [3.63, 3.8) is 0 Å². The van der Waals surface area contributed by atoms with Crippen molar-refractivity contribution < 1.29 is 14.3 Å². The first-order valence-electron chi connectivity index (χ1n) is 8.88. The van der Waals surface area contributed by atoms with Gasteiger partial charge in [-0.2, -0.15) is 0 Å². The quantitative estimate of drug-likeness (QED) is 0.908. The van der Waals surface area contributed by atoms with Crippen LogP contribution >= 0.6 is 0 Å². The molecule has 5 nitrogen and oxygen atoms in total. The number of carbonyl (C=O) groups excluding carboxylic acids is 2. The molecule has 1 aliphatic heterocycles. The Morgan fingerprint density at radius 3 is 2.54 bits per heavy atom. The molecule has 0 saturated heterocycles. The van der Waals surface area contributed by atoms with E-state index >= 15 is 0 Å². The maximum atomic E-state index is 13.1. The Morgan fingerprint density at radius 2 is 1.92 bits per heavy atom. The average molecular weight is 352 g/mol. The van der Waals surface area contributed by atoms with Gasteiger partial charge in [0.1, 0.15) is 5.75 Å². The number of nitrogens with zero attached hydrogens (tertiary/aromatic N) is 1. The summed E-state index contributed by atoms with van der Waals surface area (Å²) in [6, 6.07) is 12.9. The van der Waals surface area contributed by atoms with Crippen molar-refractivity contribution in [1.82, 2.24) is 0 Å². The second kappa shape index (κ2) is 7.60. The number of ether oxygens (including phenoxy) is 1. The number of benzene rings is 2. The molecule has 2 aromatic carbocycles. The van der Waals surface area contributed by atoms with E-state index in [1.807, 2.05) is 23.1 Å². The van der Waals surface area contributed by atoms with Gasteiger partial charge in [-0.25, -0.2) is 0 Å². The lowest BCUT2D eigenvalue weighted by atomic mass is 9.90. The second-order valence-corrected chi connectivity index (χ2v) is 6.65. The Balaban J connectivity index is 1.90. The molecule has 1 unspecified atom stereocenters. The molecule has 0 bridgehead atoms. The third-order valence-electron chi connectivity index (χ3n) is 4.80. The first-order chi connectivity index (χ1) is 12.5. The minimum absolute atomic E-state index is 0.0241. The van der Waals surface area contributed by atoms with Gasteiger partial charge < -0.3 is 15.0 Å². The zero-order valence-corrected chi connectivity index (χ0v) is 15.4. The van der Waals surface area contributed by atoms with Crippen molar-refractivity contribution in [3.8, 4) is 5.75 Å². The van der Waals surface area contributed by atoms with Gasteiger partial charge in [0.05, 0.1) is 7.11 Å². The minimum Gasteiger partial charge on any atom is -0.497 e. The highest BCUT2D eigenvalue weighted by atomic mass is 16.5. The van der Waals surface area contributed by atoms with Crippen LogP contribution in [0.15, 0.2) is 42.5 Å². The molecule has 1 heterocycles. The molecule has 1 N–H and O–H groups in total. The molecule has 0 radical (unpaired) electrons. The second-order valence-electron chi connectivity index (χ2n) is 6.65. The first-order valence-corrected chi connectivity index (χ1v) is 8.88. The van der Waals surface area contributed by atoms with Crippen molar-refractivity contribution in [2.75, 3.05) is 23.9 Å². The van der Waals surface area contributed by atoms with Crippen molar-refractivity contribution in [3.05, 3.63) is 53.6 Å². The Kier molecular flexibility index (Phi) is 5.26. The normalized spacial score (nSPS) is 16.0. The van der Waals surface area contributed by atoms with Crippen molar-refractivity contribution in [2.24, 2.45) is 5.92 Å². The van der Waals surface area contributed by atoms with E-state index < -0.39 is 0 Å². The lowest BCUT2D eigenvalue weighted by molar-refractivity contribution is -0.114. The van der Waals surface area contributed by atoms with Crippen molar-refractivity contribution >= 4 is 23.2 Å². The Hall–Kier alpha value is -2.82. The summed E-state index contributed by atoms with van der Waals surface area (Å²) in [5.41, 5.74) is 3.39. The summed E-state index contributed by atoms with van der Waals surface area (Å²) in [6.45, 7) is 4.33. The van der Waals surface area contributed by atoms with Crippen LogP contribution in [0.1, 0.15) is 36.2 Å². The van der Waals surface area contributed by atoms with Crippen LogP contribution in [0.25, 0.3) is 0 Å². The smallest absolute Gasteiger partial charge is 0.258 e. The summed E-state index contributed by atoms with van der Waals surface area (Å²) in [4.78, 5) is 26.1. The van der Waals surface area contributed by atoms with E-state index in [0.29, 0.717) is 23.7 Å². The number of amides is 2. The maximum absolute atomic E-state index is 13.1. The monoisotopic (exact) mass is 352 g/mol. The summed E-state index contributed by atoms with van der Waals surface area (Å²) in [7, 11) is 1.65. The lowest BCUT2D eigenvalue weighted by Gasteiger charge is -2.34. The molecular weight excluding hydrogens is 328 g/mol. The van der Waals surface area contributed by atoms with Gasteiger partial charge in [0.25, 0.3) is 5.91 Å². The van der Waals surface area contributed by atoms with Crippen LogP contribution in [0.2, 0.25) is 0 Å². The van der Waals surface area contributed by atoms with Crippen LogP contribution in [0.3, 0.4) is 0 Å². The van der Waals surface area contributed by atoms with Gasteiger partial charge in [-0.05, 0) is 60.4 Å². The Bertz CT molecular complexity index is 815. The fourth-order valence-corrected chi connectivity index (χ4v) is 3.37. The third kappa shape index (κ3) is 3.72. The van der Waals surface area contributed by atoms with Gasteiger partial charge in [0.2, 0.25) is 5.91 Å². The first kappa shape index (κ1) is 18.0. The SMILES string of the molecule is CCC1Cc2cc(OC)ccc2N(C(=O)c2ccc(NC(C)=O)cc2)C1. The molecule has 2 amide bonds. The van der Waals surface area contributed by atoms with E-state index in [2.05, 4.69) is 12.2 Å². The number of hydrogen-bond acceptors (Lipinski definition) is 3. The highest BCUT2D eigenvalue weighted by Crippen LogP contribution is 2.34. The molecule has 0 spiro atoms. The molecule has 3 rings (SSSR count). The predicted octanol–water partition coefficient (Wildman–Crippen LogP) is 3.88. The molecule has 0 aromatic heterocycles. The van der Waals surface area contributed by atoms with E-state index in [0.717, 1.165) is 29.8 Å². The highest BCUT2D eigenvalue weighted by Gasteiger charge is 2.28. The lowest BCUT2D eigenvalue weighted by Crippen LogP contribution is -2.39. The van der Waals surface area contributed by atoms with Crippen LogP contribution in [0.4, 0.5) is 11.4 Å². The van der Waals surface area contributed by atoms with E-state index in [1.165, 1.54) is 6.92 Å². The van der Waals surface area contributed by atoms with E-state index in [1.54, 1.807) is 31.4 Å². The average Bonchev–Trinajstić information content (AvgIpc) is 2.66. The van der Waals surface area contributed by atoms with Crippen molar-refractivity contribution in [2.45, 2.75) is 26.7 Å². The molecule has 0 fully saturated rings. The van der Waals surface area contributed by atoms with E-state index in [4.69, 9.17) is 4.74 Å². The van der Waals surface area contributed by atoms with Gasteiger partial charge in [-0.15, -0.1) is 0 Å². The van der Waals surface area contributed by atoms with Crippen LogP contribution in [-0.4, -0.2) is 25.5 Å². The van der Waals surface area contributed by atoms with Gasteiger partial charge in [0, 0.05) is 30.4 Å². The molecule has 1 aliphatic rings. The Labute approximate surface area is 154 Å². The molecule has 5 heteroatoms. The van der Waals surface area contributed by atoms with Crippen LogP contribution in [0.5, 0.6) is 5.75 Å².